The second-order valence-electron chi connectivity index (χ2n) is 12.1. The number of fused-ring (bicyclic) bond motifs is 4. The van der Waals surface area contributed by atoms with Crippen molar-refractivity contribution in [3.05, 3.63) is 11.6 Å². The zero-order valence-corrected chi connectivity index (χ0v) is 19.1. The Bertz CT molecular complexity index is 601. The topological polar surface area (TPSA) is 0 Å². The molecule has 0 heteroatoms. The summed E-state index contributed by atoms with van der Waals surface area (Å²) < 4.78 is 0. The van der Waals surface area contributed by atoms with E-state index >= 15 is 0 Å². The van der Waals surface area contributed by atoms with Crippen molar-refractivity contribution < 1.29 is 0 Å². The molecule has 0 nitrogen and oxygen atoms in total. The van der Waals surface area contributed by atoms with Crippen LogP contribution >= 0.6 is 0 Å². The standard InChI is InChI=1S/C28H46/c1-4-6-7-9-21-19-28-17-15-25-23(26(28)13-12-24(21)28)11-10-22-18-20(8-5-2)14-16-27(22,25)3/h10,20-21,23-26H,4-9,11-19H2,1-3H3/t20?,21-,23+,24+,25-,26-,27?,28-/m0/s1. The summed E-state index contributed by atoms with van der Waals surface area (Å²) in [6.07, 6.45) is 25.5. The first-order valence-electron chi connectivity index (χ1n) is 13.3. The van der Waals surface area contributed by atoms with Crippen LogP contribution in [0.25, 0.3) is 0 Å². The molecule has 0 amide bonds. The highest BCUT2D eigenvalue weighted by Gasteiger charge is 2.65. The summed E-state index contributed by atoms with van der Waals surface area (Å²) in [7, 11) is 0. The quantitative estimate of drug-likeness (QED) is 0.319. The average Bonchev–Trinajstić information content (AvgIpc) is 2.98. The van der Waals surface area contributed by atoms with Gasteiger partial charge in [0.25, 0.3) is 0 Å². The van der Waals surface area contributed by atoms with Gasteiger partial charge in [0.2, 0.25) is 0 Å². The third kappa shape index (κ3) is 2.82. The van der Waals surface area contributed by atoms with Gasteiger partial charge < -0.3 is 0 Å². The van der Waals surface area contributed by atoms with Gasteiger partial charge in [0.05, 0.1) is 0 Å². The van der Waals surface area contributed by atoms with Crippen molar-refractivity contribution in [2.45, 2.75) is 117 Å². The van der Waals surface area contributed by atoms with Gasteiger partial charge in [0.15, 0.2) is 0 Å². The second kappa shape index (κ2) is 7.46. The molecule has 0 saturated heterocycles. The van der Waals surface area contributed by atoms with Gasteiger partial charge >= 0.3 is 0 Å². The van der Waals surface area contributed by atoms with Crippen LogP contribution in [0.15, 0.2) is 11.6 Å². The third-order valence-corrected chi connectivity index (χ3v) is 11.1. The van der Waals surface area contributed by atoms with Gasteiger partial charge in [0, 0.05) is 0 Å². The molecule has 0 aromatic rings. The van der Waals surface area contributed by atoms with Crippen molar-refractivity contribution in [2.75, 3.05) is 0 Å². The summed E-state index contributed by atoms with van der Waals surface area (Å²) in [4.78, 5) is 0. The Kier molecular flexibility index (Phi) is 5.24. The Hall–Kier alpha value is -0.260. The van der Waals surface area contributed by atoms with Crippen LogP contribution in [0, 0.1) is 46.3 Å². The predicted molar refractivity (Wildman–Crippen MR) is 120 cm³/mol. The maximum Gasteiger partial charge on any atom is -0.00851 e. The van der Waals surface area contributed by atoms with Crippen LogP contribution in [0.1, 0.15) is 117 Å². The lowest BCUT2D eigenvalue weighted by atomic mass is 9.41. The number of unbranched alkanes of at least 4 members (excludes halogenated alkanes) is 2. The van der Waals surface area contributed by atoms with Gasteiger partial charge in [-0.05, 0) is 104 Å². The zero-order valence-electron chi connectivity index (χ0n) is 19.1. The number of hydrogen-bond donors (Lipinski definition) is 0. The molecule has 158 valence electrons. The molecule has 0 aliphatic heterocycles. The molecule has 0 heterocycles. The van der Waals surface area contributed by atoms with E-state index in [1.807, 2.05) is 5.57 Å². The van der Waals surface area contributed by atoms with Gasteiger partial charge in [-0.15, -0.1) is 0 Å². The lowest BCUT2D eigenvalue weighted by Crippen LogP contribution is -2.56. The van der Waals surface area contributed by atoms with Gasteiger partial charge in [-0.25, -0.2) is 0 Å². The molecule has 0 bridgehead atoms. The summed E-state index contributed by atoms with van der Waals surface area (Å²) in [5, 5.41) is 0. The number of allylic oxidation sites excluding steroid dienone is 2. The fourth-order valence-corrected chi connectivity index (χ4v) is 9.78. The van der Waals surface area contributed by atoms with E-state index in [1.54, 1.807) is 38.5 Å². The van der Waals surface area contributed by atoms with Gasteiger partial charge in [-0.1, -0.05) is 70.9 Å². The fraction of sp³-hybridized carbons (Fsp3) is 0.929. The summed E-state index contributed by atoms with van der Waals surface area (Å²) in [6.45, 7) is 7.44. The molecule has 4 saturated carbocycles. The van der Waals surface area contributed by atoms with Crippen molar-refractivity contribution >= 4 is 0 Å². The Labute approximate surface area is 175 Å². The van der Waals surface area contributed by atoms with Gasteiger partial charge in [-0.2, -0.15) is 0 Å². The van der Waals surface area contributed by atoms with Crippen LogP contribution in [0.4, 0.5) is 0 Å². The lowest BCUT2D eigenvalue weighted by molar-refractivity contribution is -0.131. The normalized spacial score (nSPS) is 49.3. The fourth-order valence-electron chi connectivity index (χ4n) is 9.78. The SMILES string of the molecule is CCCCC[C@H]1C[C@]23CC[C@H]4[C@@H](CC=C5CC(CCC)CCC54C)[C@@H]2CC[C@H]13. The summed E-state index contributed by atoms with van der Waals surface area (Å²) >= 11 is 0. The first kappa shape index (κ1) is 19.7. The minimum absolute atomic E-state index is 0.580. The summed E-state index contributed by atoms with van der Waals surface area (Å²) in [5.74, 6) is 6.43. The van der Waals surface area contributed by atoms with E-state index in [4.69, 9.17) is 0 Å². The van der Waals surface area contributed by atoms with Crippen molar-refractivity contribution in [3.63, 3.8) is 0 Å². The van der Waals surface area contributed by atoms with Crippen molar-refractivity contribution in [2.24, 2.45) is 46.3 Å². The average molecular weight is 383 g/mol. The molecule has 1 spiro atoms. The third-order valence-electron chi connectivity index (χ3n) is 11.1. The Morgan fingerprint density at radius 2 is 1.75 bits per heavy atom. The second-order valence-corrected chi connectivity index (χ2v) is 12.1. The number of hydrogen-bond acceptors (Lipinski definition) is 0. The van der Waals surface area contributed by atoms with E-state index in [-0.39, 0.29) is 0 Å². The van der Waals surface area contributed by atoms with Crippen LogP contribution in [-0.4, -0.2) is 0 Å². The van der Waals surface area contributed by atoms with E-state index < -0.39 is 0 Å². The minimum Gasteiger partial charge on any atom is -0.0845 e. The van der Waals surface area contributed by atoms with E-state index in [0.717, 1.165) is 40.9 Å². The van der Waals surface area contributed by atoms with Crippen LogP contribution in [0.2, 0.25) is 0 Å². The van der Waals surface area contributed by atoms with Crippen LogP contribution in [-0.2, 0) is 0 Å². The molecule has 0 aromatic heterocycles. The maximum absolute atomic E-state index is 2.80. The Morgan fingerprint density at radius 3 is 2.57 bits per heavy atom. The zero-order chi connectivity index (χ0) is 19.4. The van der Waals surface area contributed by atoms with Gasteiger partial charge in [-0.3, -0.25) is 0 Å². The Morgan fingerprint density at radius 1 is 0.893 bits per heavy atom. The van der Waals surface area contributed by atoms with Gasteiger partial charge in [0.1, 0.15) is 0 Å². The monoisotopic (exact) mass is 382 g/mol. The predicted octanol–water partition coefficient (Wildman–Crippen LogP) is 8.56. The summed E-state index contributed by atoms with van der Waals surface area (Å²) in [5.41, 5.74) is 3.31. The molecule has 4 fully saturated rings. The van der Waals surface area contributed by atoms with Crippen LogP contribution in [0.3, 0.4) is 0 Å². The van der Waals surface area contributed by atoms with E-state index in [0.29, 0.717) is 5.41 Å². The summed E-state index contributed by atoms with van der Waals surface area (Å²) in [6, 6.07) is 0. The lowest BCUT2D eigenvalue weighted by Gasteiger charge is -2.64. The molecule has 5 rings (SSSR count). The first-order valence-corrected chi connectivity index (χ1v) is 13.3. The highest BCUT2D eigenvalue weighted by atomic mass is 14.7. The largest absolute Gasteiger partial charge is 0.0845 e. The first-order chi connectivity index (χ1) is 13.6. The van der Waals surface area contributed by atoms with Crippen LogP contribution in [0.5, 0.6) is 0 Å². The van der Waals surface area contributed by atoms with E-state index in [1.165, 1.54) is 57.8 Å². The molecule has 5 aliphatic carbocycles. The molecule has 0 N–H and O–H groups in total. The molecule has 8 atom stereocenters. The smallest absolute Gasteiger partial charge is 0.00851 e. The van der Waals surface area contributed by atoms with Crippen LogP contribution < -0.4 is 0 Å². The molecule has 0 aromatic carbocycles. The van der Waals surface area contributed by atoms with Crippen molar-refractivity contribution in [1.29, 1.82) is 0 Å². The molecular weight excluding hydrogens is 336 g/mol. The Balaban J connectivity index is 1.30. The highest BCUT2D eigenvalue weighted by molar-refractivity contribution is 5.26. The van der Waals surface area contributed by atoms with E-state index in [9.17, 15) is 0 Å². The number of rotatable bonds is 6. The van der Waals surface area contributed by atoms with Crippen molar-refractivity contribution in [3.8, 4) is 0 Å². The molecule has 5 aliphatic rings. The highest BCUT2D eigenvalue weighted by Crippen LogP contribution is 2.74. The van der Waals surface area contributed by atoms with E-state index in [2.05, 4.69) is 26.8 Å². The maximum atomic E-state index is 2.80. The molecule has 28 heavy (non-hydrogen) atoms. The minimum atomic E-state index is 0.580. The molecule has 2 unspecified atom stereocenters. The molecular formula is C28H46. The van der Waals surface area contributed by atoms with Crippen molar-refractivity contribution in [1.82, 2.24) is 0 Å². The molecule has 0 radical (unpaired) electrons.